The lowest BCUT2D eigenvalue weighted by Crippen LogP contribution is -2.36. The Morgan fingerprint density at radius 1 is 1.19 bits per heavy atom. The average molecular weight is 299 g/mol. The zero-order chi connectivity index (χ0) is 15.1. The number of hydrogen-bond acceptors (Lipinski definition) is 2. The highest BCUT2D eigenvalue weighted by atomic mass is 32.1. The van der Waals surface area contributed by atoms with E-state index in [9.17, 15) is 0 Å². The predicted molar refractivity (Wildman–Crippen MR) is 92.6 cm³/mol. The third-order valence-corrected chi connectivity index (χ3v) is 3.46. The summed E-state index contributed by atoms with van der Waals surface area (Å²) >= 11 is 5.31. The number of thiocarbonyl (C=S) groups is 1. The van der Waals surface area contributed by atoms with Crippen molar-refractivity contribution in [3.63, 3.8) is 0 Å². The molecule has 0 unspecified atom stereocenters. The molecule has 1 atom stereocenters. The van der Waals surface area contributed by atoms with Gasteiger partial charge in [0.05, 0.1) is 0 Å². The van der Waals surface area contributed by atoms with Crippen molar-refractivity contribution in [3.05, 3.63) is 59.8 Å². The maximum absolute atomic E-state index is 5.31. The molecular weight excluding hydrogens is 278 g/mol. The number of aryl methyl sites for hydroxylation is 2. The van der Waals surface area contributed by atoms with Crippen molar-refractivity contribution in [2.24, 2.45) is 0 Å². The topological polar surface area (TPSA) is 37.0 Å². The number of nitrogens with zero attached hydrogens (tertiary/aromatic N) is 1. The number of anilines is 1. The van der Waals surface area contributed by atoms with Crippen LogP contribution in [-0.2, 0) is 6.42 Å². The van der Waals surface area contributed by atoms with Gasteiger partial charge in [-0.3, -0.25) is 0 Å². The van der Waals surface area contributed by atoms with Crippen LogP contribution < -0.4 is 10.6 Å². The highest BCUT2D eigenvalue weighted by Crippen LogP contribution is 2.06. The Balaban J connectivity index is 1.75. The minimum absolute atomic E-state index is 0.315. The molecule has 0 radical (unpaired) electrons. The molecule has 1 aromatic carbocycles. The lowest BCUT2D eigenvalue weighted by atomic mass is 10.1. The van der Waals surface area contributed by atoms with Crippen LogP contribution in [0.2, 0.25) is 0 Å². The summed E-state index contributed by atoms with van der Waals surface area (Å²) in [6, 6.07) is 14.7. The van der Waals surface area contributed by atoms with E-state index in [1.54, 1.807) is 0 Å². The molecule has 1 heterocycles. The standard InChI is InChI=1S/C17H21N3S/c1-13-8-11-16(18-12-13)20-17(21)19-14(2)9-10-15-6-4-3-5-7-15/h3-8,11-12,14H,9-10H2,1-2H3,(H2,18,19,20,21)/t14-/m1/s1. The van der Waals surface area contributed by atoms with Crippen LogP contribution in [0.25, 0.3) is 0 Å². The van der Waals surface area contributed by atoms with Gasteiger partial charge in [0.25, 0.3) is 0 Å². The van der Waals surface area contributed by atoms with Gasteiger partial charge >= 0.3 is 0 Å². The second-order valence-corrected chi connectivity index (χ2v) is 5.65. The lowest BCUT2D eigenvalue weighted by Gasteiger charge is -2.16. The van der Waals surface area contributed by atoms with Crippen molar-refractivity contribution in [1.82, 2.24) is 10.3 Å². The molecule has 0 saturated carbocycles. The van der Waals surface area contributed by atoms with Gasteiger partial charge < -0.3 is 10.6 Å². The Bertz CT molecular complexity index is 566. The number of benzene rings is 1. The normalized spacial score (nSPS) is 11.7. The fraction of sp³-hybridized carbons (Fsp3) is 0.294. The molecule has 0 spiro atoms. The van der Waals surface area contributed by atoms with E-state index in [1.807, 2.05) is 31.3 Å². The molecule has 1 aromatic heterocycles. The number of hydrogen-bond donors (Lipinski definition) is 2. The first-order chi connectivity index (χ1) is 10.1. The maximum atomic E-state index is 5.31. The summed E-state index contributed by atoms with van der Waals surface area (Å²) in [5.74, 6) is 0.772. The quantitative estimate of drug-likeness (QED) is 0.826. The van der Waals surface area contributed by atoms with Gasteiger partial charge in [0.2, 0.25) is 0 Å². The monoisotopic (exact) mass is 299 g/mol. The SMILES string of the molecule is Cc1ccc(NC(=S)N[C@H](C)CCc2ccccc2)nc1. The van der Waals surface area contributed by atoms with E-state index in [-0.39, 0.29) is 0 Å². The summed E-state index contributed by atoms with van der Waals surface area (Å²) < 4.78 is 0. The second kappa shape index (κ2) is 7.74. The van der Waals surface area contributed by atoms with E-state index in [0.29, 0.717) is 11.2 Å². The molecule has 2 aromatic rings. The molecule has 0 amide bonds. The first-order valence-corrected chi connectivity index (χ1v) is 7.58. The number of aromatic nitrogens is 1. The van der Waals surface area contributed by atoms with Crippen molar-refractivity contribution >= 4 is 23.1 Å². The van der Waals surface area contributed by atoms with E-state index < -0.39 is 0 Å². The average Bonchev–Trinajstić information content (AvgIpc) is 2.48. The van der Waals surface area contributed by atoms with Crippen LogP contribution in [0.5, 0.6) is 0 Å². The van der Waals surface area contributed by atoms with Gasteiger partial charge in [-0.2, -0.15) is 0 Å². The van der Waals surface area contributed by atoms with Crippen molar-refractivity contribution < 1.29 is 0 Å². The van der Waals surface area contributed by atoms with E-state index in [1.165, 1.54) is 5.56 Å². The molecule has 2 rings (SSSR count). The molecule has 0 aliphatic heterocycles. The molecule has 0 bridgehead atoms. The van der Waals surface area contributed by atoms with Gasteiger partial charge in [0.1, 0.15) is 5.82 Å². The Morgan fingerprint density at radius 2 is 1.95 bits per heavy atom. The molecule has 21 heavy (non-hydrogen) atoms. The highest BCUT2D eigenvalue weighted by molar-refractivity contribution is 7.80. The van der Waals surface area contributed by atoms with E-state index >= 15 is 0 Å². The van der Waals surface area contributed by atoms with Crippen LogP contribution in [0.4, 0.5) is 5.82 Å². The van der Waals surface area contributed by atoms with E-state index in [2.05, 4.69) is 46.8 Å². The molecule has 2 N–H and O–H groups in total. The smallest absolute Gasteiger partial charge is 0.172 e. The Hall–Kier alpha value is -1.94. The Morgan fingerprint density at radius 3 is 2.62 bits per heavy atom. The molecule has 0 saturated heterocycles. The summed E-state index contributed by atoms with van der Waals surface area (Å²) in [5, 5.41) is 7.02. The first-order valence-electron chi connectivity index (χ1n) is 7.17. The first kappa shape index (κ1) is 15.4. The summed E-state index contributed by atoms with van der Waals surface area (Å²) in [7, 11) is 0. The van der Waals surface area contributed by atoms with Crippen LogP contribution >= 0.6 is 12.2 Å². The van der Waals surface area contributed by atoms with Crippen LogP contribution in [0.15, 0.2) is 48.7 Å². The fourth-order valence-electron chi connectivity index (χ4n) is 2.02. The zero-order valence-corrected chi connectivity index (χ0v) is 13.3. The van der Waals surface area contributed by atoms with Gasteiger partial charge in [0, 0.05) is 12.2 Å². The van der Waals surface area contributed by atoms with Gasteiger partial charge in [-0.25, -0.2) is 4.98 Å². The third-order valence-electron chi connectivity index (χ3n) is 3.24. The van der Waals surface area contributed by atoms with Gasteiger partial charge in [-0.05, 0) is 56.1 Å². The highest BCUT2D eigenvalue weighted by Gasteiger charge is 2.05. The molecule has 110 valence electrons. The molecule has 0 aliphatic carbocycles. The Kier molecular flexibility index (Phi) is 5.69. The van der Waals surface area contributed by atoms with Crippen molar-refractivity contribution in [2.75, 3.05) is 5.32 Å². The number of nitrogens with one attached hydrogen (secondary N) is 2. The lowest BCUT2D eigenvalue weighted by molar-refractivity contribution is 0.609. The second-order valence-electron chi connectivity index (χ2n) is 5.24. The van der Waals surface area contributed by atoms with Crippen molar-refractivity contribution in [1.29, 1.82) is 0 Å². The van der Waals surface area contributed by atoms with Crippen molar-refractivity contribution in [2.45, 2.75) is 32.7 Å². The van der Waals surface area contributed by atoms with E-state index in [0.717, 1.165) is 24.2 Å². The van der Waals surface area contributed by atoms with Crippen LogP contribution in [0.1, 0.15) is 24.5 Å². The number of pyridine rings is 1. The Labute approximate surface area is 131 Å². The predicted octanol–water partition coefficient (Wildman–Crippen LogP) is 3.70. The fourth-order valence-corrected chi connectivity index (χ4v) is 2.32. The summed E-state index contributed by atoms with van der Waals surface area (Å²) in [6.45, 7) is 4.15. The van der Waals surface area contributed by atoms with Crippen molar-refractivity contribution in [3.8, 4) is 0 Å². The van der Waals surface area contributed by atoms with Gasteiger partial charge in [-0.1, -0.05) is 36.4 Å². The summed E-state index contributed by atoms with van der Waals surface area (Å²) in [5.41, 5.74) is 2.49. The third kappa shape index (κ3) is 5.52. The van der Waals surface area contributed by atoms with E-state index in [4.69, 9.17) is 12.2 Å². The molecule has 0 aliphatic rings. The number of rotatable bonds is 5. The van der Waals surface area contributed by atoms with Gasteiger partial charge in [0.15, 0.2) is 5.11 Å². The van der Waals surface area contributed by atoms with Crippen LogP contribution in [-0.4, -0.2) is 16.1 Å². The zero-order valence-electron chi connectivity index (χ0n) is 12.5. The summed E-state index contributed by atoms with van der Waals surface area (Å²) in [4.78, 5) is 4.28. The van der Waals surface area contributed by atoms with Crippen LogP contribution in [0.3, 0.4) is 0 Å². The summed E-state index contributed by atoms with van der Waals surface area (Å²) in [6.07, 6.45) is 3.90. The molecule has 4 heteroatoms. The minimum atomic E-state index is 0.315. The minimum Gasteiger partial charge on any atom is -0.360 e. The molecule has 3 nitrogen and oxygen atoms in total. The maximum Gasteiger partial charge on any atom is 0.172 e. The largest absolute Gasteiger partial charge is 0.360 e. The molecular formula is C17H21N3S. The van der Waals surface area contributed by atoms with Crippen LogP contribution in [0, 0.1) is 6.92 Å². The van der Waals surface area contributed by atoms with Gasteiger partial charge in [-0.15, -0.1) is 0 Å². The molecule has 0 fully saturated rings.